The largest absolute Gasteiger partial charge is 0.507 e. The van der Waals surface area contributed by atoms with Crippen molar-refractivity contribution >= 4 is 45.1 Å². The molecule has 1 heterocycles. The van der Waals surface area contributed by atoms with Gasteiger partial charge in [-0.2, -0.15) is 0 Å². The lowest BCUT2D eigenvalue weighted by atomic mass is 9.78. The average Bonchev–Trinajstić information content (AvgIpc) is 3.32. The number of amides is 4. The summed E-state index contributed by atoms with van der Waals surface area (Å²) in [5.41, 5.74) is 7.03. The number of hydrogen-bond donors (Lipinski definition) is 5. The highest BCUT2D eigenvalue weighted by Gasteiger charge is 2.27. The van der Waals surface area contributed by atoms with E-state index in [0.29, 0.717) is 11.3 Å². The number of rotatable bonds is 10. The predicted octanol–water partition coefficient (Wildman–Crippen LogP) is 3.65. The van der Waals surface area contributed by atoms with Crippen LogP contribution in [0.1, 0.15) is 74.3 Å². The maximum absolute atomic E-state index is 13.0. The monoisotopic (exact) mass is 580 g/mol. The summed E-state index contributed by atoms with van der Waals surface area (Å²) in [6.07, 6.45) is 0.448. The molecule has 0 bridgehead atoms. The van der Waals surface area contributed by atoms with Gasteiger partial charge in [0.2, 0.25) is 17.7 Å². The molecular formula is C31H40N4O5S. The Morgan fingerprint density at radius 1 is 0.927 bits per heavy atom. The lowest BCUT2D eigenvalue weighted by Crippen LogP contribution is -2.53. The molecule has 0 aliphatic rings. The van der Waals surface area contributed by atoms with Gasteiger partial charge in [0.15, 0.2) is 0 Å². The minimum atomic E-state index is -1.12. The second-order valence-corrected chi connectivity index (χ2v) is 13.3. The highest BCUT2D eigenvalue weighted by Crippen LogP contribution is 2.40. The number of hydrogen-bond acceptors (Lipinski definition) is 6. The molecule has 1 aromatic heterocycles. The molecule has 0 unspecified atom stereocenters. The molecule has 0 aliphatic heterocycles. The van der Waals surface area contributed by atoms with Gasteiger partial charge >= 0.3 is 0 Å². The zero-order valence-electron chi connectivity index (χ0n) is 24.5. The fraction of sp³-hybridized carbons (Fsp3) is 0.419. The lowest BCUT2D eigenvalue weighted by Gasteiger charge is -2.28. The van der Waals surface area contributed by atoms with E-state index in [-0.39, 0.29) is 35.5 Å². The Morgan fingerprint density at radius 2 is 1.54 bits per heavy atom. The summed E-state index contributed by atoms with van der Waals surface area (Å²) in [7, 11) is 0. The third-order valence-corrected chi connectivity index (χ3v) is 7.75. The van der Waals surface area contributed by atoms with E-state index in [2.05, 4.69) is 16.0 Å². The van der Waals surface area contributed by atoms with E-state index < -0.39 is 30.3 Å². The summed E-state index contributed by atoms with van der Waals surface area (Å²) < 4.78 is 0.958. The molecule has 1 atom stereocenters. The van der Waals surface area contributed by atoms with Gasteiger partial charge < -0.3 is 26.8 Å². The van der Waals surface area contributed by atoms with Crippen molar-refractivity contribution in [3.05, 3.63) is 64.0 Å². The molecule has 4 amide bonds. The third-order valence-electron chi connectivity index (χ3n) is 6.63. The fourth-order valence-electron chi connectivity index (χ4n) is 4.39. The average molecular weight is 581 g/mol. The van der Waals surface area contributed by atoms with Gasteiger partial charge in [-0.3, -0.25) is 19.2 Å². The topological polar surface area (TPSA) is 151 Å². The van der Waals surface area contributed by atoms with E-state index >= 15 is 0 Å². The Hall–Kier alpha value is -3.92. The molecule has 10 heteroatoms. The second kappa shape index (κ2) is 12.7. The zero-order valence-corrected chi connectivity index (χ0v) is 25.3. The molecule has 6 N–H and O–H groups in total. The van der Waals surface area contributed by atoms with Crippen LogP contribution >= 0.6 is 11.3 Å². The Labute approximate surface area is 244 Å². The van der Waals surface area contributed by atoms with Crippen LogP contribution in [-0.4, -0.2) is 47.9 Å². The predicted molar refractivity (Wildman–Crippen MR) is 162 cm³/mol. The molecule has 0 aliphatic carbocycles. The molecule has 0 saturated heterocycles. The lowest BCUT2D eigenvalue weighted by molar-refractivity contribution is -0.129. The third kappa shape index (κ3) is 8.53. The Morgan fingerprint density at radius 3 is 2.10 bits per heavy atom. The van der Waals surface area contributed by atoms with Crippen LogP contribution < -0.4 is 21.7 Å². The molecule has 220 valence electrons. The number of phenolic OH excluding ortho intramolecular Hbond substituents is 1. The normalized spacial score (nSPS) is 12.5. The highest BCUT2D eigenvalue weighted by atomic mass is 32.1. The van der Waals surface area contributed by atoms with Crippen molar-refractivity contribution in [1.82, 2.24) is 16.0 Å². The summed E-state index contributed by atoms with van der Waals surface area (Å²) >= 11 is 1.33. The van der Waals surface area contributed by atoms with Gasteiger partial charge in [-0.15, -0.1) is 11.3 Å². The first kappa shape index (κ1) is 31.6. The van der Waals surface area contributed by atoms with Crippen LogP contribution in [0.3, 0.4) is 0 Å². The van der Waals surface area contributed by atoms with Crippen LogP contribution in [0.25, 0.3) is 10.1 Å². The van der Waals surface area contributed by atoms with E-state index in [1.165, 1.54) is 11.3 Å². The fourth-order valence-corrected chi connectivity index (χ4v) is 5.37. The Kier molecular flexibility index (Phi) is 9.81. The quantitative estimate of drug-likeness (QED) is 0.248. The van der Waals surface area contributed by atoms with Crippen molar-refractivity contribution in [3.8, 4) is 5.75 Å². The Bertz CT molecular complexity index is 1380. The number of nitrogens with two attached hydrogens (primary N) is 1. The number of phenols is 1. The maximum Gasteiger partial charge on any atom is 0.261 e. The number of thiophene rings is 1. The molecule has 0 fully saturated rings. The number of carbonyl (C=O) groups is 4. The van der Waals surface area contributed by atoms with Crippen molar-refractivity contribution in [3.63, 3.8) is 0 Å². The number of nitrogens with one attached hydrogen (secondary N) is 3. The van der Waals surface area contributed by atoms with Gasteiger partial charge in [-0.25, -0.2) is 0 Å². The van der Waals surface area contributed by atoms with Crippen molar-refractivity contribution in [2.24, 2.45) is 5.73 Å². The first-order chi connectivity index (χ1) is 19.1. The maximum atomic E-state index is 13.0. The summed E-state index contributed by atoms with van der Waals surface area (Å²) in [5, 5.41) is 19.7. The smallest absolute Gasteiger partial charge is 0.261 e. The van der Waals surface area contributed by atoms with E-state index in [1.54, 1.807) is 6.07 Å². The number of benzene rings is 2. The number of carbonyl (C=O) groups excluding carboxylic acids is 4. The molecule has 0 spiro atoms. The summed E-state index contributed by atoms with van der Waals surface area (Å²) in [4.78, 5) is 50.3. The zero-order chi connectivity index (χ0) is 30.5. The molecule has 9 nitrogen and oxygen atoms in total. The van der Waals surface area contributed by atoms with Crippen molar-refractivity contribution in [1.29, 1.82) is 0 Å². The molecule has 0 radical (unpaired) electrons. The minimum absolute atomic E-state index is 0.0712. The molecule has 2 aromatic carbocycles. The molecular weight excluding hydrogens is 540 g/mol. The van der Waals surface area contributed by atoms with Gasteiger partial charge in [-0.1, -0.05) is 71.9 Å². The van der Waals surface area contributed by atoms with Gasteiger partial charge in [0.05, 0.1) is 11.4 Å². The van der Waals surface area contributed by atoms with Crippen LogP contribution in [0, 0.1) is 0 Å². The highest BCUT2D eigenvalue weighted by molar-refractivity contribution is 7.20. The molecule has 3 rings (SSSR count). The molecule has 41 heavy (non-hydrogen) atoms. The van der Waals surface area contributed by atoms with Crippen LogP contribution in [0.15, 0.2) is 42.5 Å². The van der Waals surface area contributed by atoms with Crippen LogP contribution in [0.5, 0.6) is 5.75 Å². The van der Waals surface area contributed by atoms with Gasteiger partial charge in [0.25, 0.3) is 5.91 Å². The van der Waals surface area contributed by atoms with Gasteiger partial charge in [0, 0.05) is 17.7 Å². The number of aromatic hydroxyl groups is 1. The van der Waals surface area contributed by atoms with Crippen molar-refractivity contribution in [2.45, 2.75) is 71.3 Å². The summed E-state index contributed by atoms with van der Waals surface area (Å²) in [6.45, 7) is 11.6. The van der Waals surface area contributed by atoms with E-state index in [0.717, 1.165) is 26.8 Å². The van der Waals surface area contributed by atoms with Crippen molar-refractivity contribution < 1.29 is 24.3 Å². The first-order valence-corrected chi connectivity index (χ1v) is 14.4. The Balaban J connectivity index is 1.72. The van der Waals surface area contributed by atoms with E-state index in [4.69, 9.17) is 5.73 Å². The van der Waals surface area contributed by atoms with Crippen molar-refractivity contribution in [2.75, 3.05) is 13.1 Å². The van der Waals surface area contributed by atoms with Gasteiger partial charge in [-0.05, 0) is 51.5 Å². The standard InChI is InChI=1S/C31H40N4O5S/c1-30(2,3)20-13-18(14-21(27(20)38)31(4,5)6)11-12-26(37)35-22(28(39)34-17-25(32)36)16-33-29(40)24-15-19-9-7-8-10-23(19)41-24/h7-10,13-15,22,38H,11-12,16-17H2,1-6H3,(H2,32,36)(H,33,40)(H,34,39)(H,35,37)/t22-/m1/s1. The first-order valence-electron chi connectivity index (χ1n) is 13.5. The van der Waals surface area contributed by atoms with Crippen LogP contribution in [0.2, 0.25) is 0 Å². The van der Waals surface area contributed by atoms with Gasteiger partial charge in [0.1, 0.15) is 11.8 Å². The second-order valence-electron chi connectivity index (χ2n) is 12.2. The van der Waals surface area contributed by atoms with Crippen LogP contribution in [-0.2, 0) is 31.6 Å². The number of primary amides is 1. The number of fused-ring (bicyclic) bond motifs is 1. The summed E-state index contributed by atoms with van der Waals surface area (Å²) in [6, 6.07) is 12.1. The summed E-state index contributed by atoms with van der Waals surface area (Å²) in [5.74, 6) is -1.87. The molecule has 3 aromatic rings. The van der Waals surface area contributed by atoms with Crippen LogP contribution in [0.4, 0.5) is 0 Å². The molecule has 0 saturated carbocycles. The minimum Gasteiger partial charge on any atom is -0.507 e. The number of aryl methyl sites for hydroxylation is 1. The SMILES string of the molecule is CC(C)(C)c1cc(CCC(=O)N[C@H](CNC(=O)c2cc3ccccc3s2)C(=O)NCC(N)=O)cc(C(C)(C)C)c1O. The van der Waals surface area contributed by atoms with E-state index in [1.807, 2.05) is 77.9 Å². The van der Waals surface area contributed by atoms with E-state index in [9.17, 15) is 24.3 Å².